The quantitative estimate of drug-likeness (QED) is 0.927. The molecule has 3 rings (SSSR count). The lowest BCUT2D eigenvalue weighted by Crippen LogP contribution is -2.16. The number of para-hydroxylation sites is 1. The third kappa shape index (κ3) is 3.36. The van der Waals surface area contributed by atoms with Crippen LogP contribution in [0.1, 0.15) is 11.1 Å². The average Bonchev–Trinajstić information content (AvgIpc) is 2.92. The molecule has 0 saturated carbocycles. The van der Waals surface area contributed by atoms with Crippen molar-refractivity contribution in [2.24, 2.45) is 4.99 Å². The molecule has 0 unspecified atom stereocenters. The minimum Gasteiger partial charge on any atom is -0.325 e. The molecule has 2 aromatic rings. The van der Waals surface area contributed by atoms with Crippen LogP contribution in [-0.4, -0.2) is 16.7 Å². The number of halogens is 1. The number of aliphatic imine (C=N–C) groups is 1. The third-order valence-electron chi connectivity index (χ3n) is 3.42. The van der Waals surface area contributed by atoms with Crippen LogP contribution in [0.2, 0.25) is 0 Å². The van der Waals surface area contributed by atoms with Crippen LogP contribution in [0.15, 0.2) is 47.5 Å². The second-order valence-electron chi connectivity index (χ2n) is 5.11. The van der Waals surface area contributed by atoms with Crippen LogP contribution in [0.3, 0.4) is 0 Å². The van der Waals surface area contributed by atoms with Crippen LogP contribution < -0.4 is 5.32 Å². The van der Waals surface area contributed by atoms with Gasteiger partial charge in [-0.2, -0.15) is 0 Å². The van der Waals surface area contributed by atoms with Gasteiger partial charge in [0.1, 0.15) is 5.82 Å². The predicted molar refractivity (Wildman–Crippen MR) is 89.5 cm³/mol. The van der Waals surface area contributed by atoms with E-state index in [0.29, 0.717) is 5.69 Å². The van der Waals surface area contributed by atoms with Crippen LogP contribution in [0.5, 0.6) is 0 Å². The predicted octanol–water partition coefficient (Wildman–Crippen LogP) is 4.09. The Morgan fingerprint density at radius 3 is 2.95 bits per heavy atom. The molecule has 0 fully saturated rings. The fraction of sp³-hybridized carbons (Fsp3) is 0.176. The summed E-state index contributed by atoms with van der Waals surface area (Å²) in [6, 6.07) is 12.3. The van der Waals surface area contributed by atoms with Crippen molar-refractivity contribution in [1.82, 2.24) is 0 Å². The van der Waals surface area contributed by atoms with E-state index in [9.17, 15) is 9.18 Å². The molecular weight excluding hydrogens is 299 g/mol. The van der Waals surface area contributed by atoms with Gasteiger partial charge in [0, 0.05) is 12.1 Å². The van der Waals surface area contributed by atoms with E-state index in [4.69, 9.17) is 0 Å². The zero-order chi connectivity index (χ0) is 15.5. The molecule has 1 aliphatic rings. The molecule has 0 bridgehead atoms. The van der Waals surface area contributed by atoms with Crippen molar-refractivity contribution in [3.05, 3.63) is 59.4 Å². The van der Waals surface area contributed by atoms with Gasteiger partial charge in [-0.05, 0) is 36.2 Å². The molecule has 0 spiro atoms. The molecule has 0 saturated heterocycles. The highest BCUT2D eigenvalue weighted by Crippen LogP contribution is 2.29. The maximum Gasteiger partial charge on any atom is 0.234 e. The highest BCUT2D eigenvalue weighted by atomic mass is 32.2. The number of aryl methyl sites for hydroxylation is 1. The first-order chi connectivity index (χ1) is 10.6. The Bertz CT molecular complexity index is 758. The van der Waals surface area contributed by atoms with Gasteiger partial charge in [-0.1, -0.05) is 24.3 Å². The van der Waals surface area contributed by atoms with E-state index >= 15 is 0 Å². The zero-order valence-corrected chi connectivity index (χ0v) is 12.9. The first-order valence-corrected chi connectivity index (χ1v) is 7.94. The molecule has 22 heavy (non-hydrogen) atoms. The Labute approximate surface area is 132 Å². The molecule has 5 heteroatoms. The van der Waals surface area contributed by atoms with Crippen LogP contribution in [0.25, 0.3) is 0 Å². The molecule has 0 radical (unpaired) electrons. The van der Waals surface area contributed by atoms with Gasteiger partial charge in [-0.15, -0.1) is 11.8 Å². The van der Waals surface area contributed by atoms with Gasteiger partial charge in [-0.3, -0.25) is 4.79 Å². The number of benzene rings is 2. The van der Waals surface area contributed by atoms with E-state index in [2.05, 4.69) is 10.3 Å². The Morgan fingerprint density at radius 2 is 2.14 bits per heavy atom. The summed E-state index contributed by atoms with van der Waals surface area (Å²) in [6.45, 7) is 1.83. The maximum absolute atomic E-state index is 13.2. The fourth-order valence-electron chi connectivity index (χ4n) is 2.25. The molecule has 112 valence electrons. The number of nitrogens with one attached hydrogen (secondary N) is 1. The van der Waals surface area contributed by atoms with Crippen molar-refractivity contribution >= 4 is 34.1 Å². The van der Waals surface area contributed by atoms with Gasteiger partial charge in [0.15, 0.2) is 0 Å². The van der Waals surface area contributed by atoms with Crippen molar-refractivity contribution in [3.63, 3.8) is 0 Å². The highest BCUT2D eigenvalue weighted by molar-refractivity contribution is 8.14. The topological polar surface area (TPSA) is 41.5 Å². The molecule has 2 aromatic carbocycles. The number of amides is 1. The monoisotopic (exact) mass is 314 g/mol. The number of anilines is 1. The number of fused-ring (bicyclic) bond motifs is 1. The molecule has 1 amide bonds. The molecule has 1 heterocycles. The highest BCUT2D eigenvalue weighted by Gasteiger charge is 2.15. The van der Waals surface area contributed by atoms with Crippen LogP contribution >= 0.6 is 11.8 Å². The van der Waals surface area contributed by atoms with Gasteiger partial charge in [-0.25, -0.2) is 9.38 Å². The number of thioether (sulfide) groups is 1. The number of carbonyl (C=O) groups is 1. The van der Waals surface area contributed by atoms with Crippen LogP contribution in [0, 0.1) is 12.7 Å². The van der Waals surface area contributed by atoms with Gasteiger partial charge >= 0.3 is 0 Å². The van der Waals surface area contributed by atoms with Crippen LogP contribution in [-0.2, 0) is 11.2 Å². The van der Waals surface area contributed by atoms with E-state index in [1.807, 2.05) is 31.2 Å². The molecule has 0 atom stereocenters. The molecule has 1 aliphatic heterocycles. The lowest BCUT2D eigenvalue weighted by molar-refractivity contribution is -0.113. The standard InChI is InChI=1S/C17H15FN2OS/c1-11-6-7-13(18)9-15(11)19-16(21)10-22-17-8-12-4-2-3-5-14(12)20-17/h2-7,9H,8,10H2,1H3,(H,19,21). The SMILES string of the molecule is Cc1ccc(F)cc1NC(=O)CSC1=Nc2ccccc2C1. The summed E-state index contributed by atoms with van der Waals surface area (Å²) in [5.74, 6) is -0.246. The summed E-state index contributed by atoms with van der Waals surface area (Å²) in [7, 11) is 0. The number of nitrogens with zero attached hydrogens (tertiary/aromatic N) is 1. The third-order valence-corrected chi connectivity index (χ3v) is 4.40. The molecule has 3 nitrogen and oxygen atoms in total. The second kappa shape index (κ2) is 6.32. The van der Waals surface area contributed by atoms with Crippen molar-refractivity contribution < 1.29 is 9.18 Å². The van der Waals surface area contributed by atoms with Gasteiger partial charge in [0.2, 0.25) is 5.91 Å². The van der Waals surface area contributed by atoms with E-state index in [-0.39, 0.29) is 17.5 Å². The van der Waals surface area contributed by atoms with Gasteiger partial charge < -0.3 is 5.32 Å². The summed E-state index contributed by atoms with van der Waals surface area (Å²) in [5.41, 5.74) is 3.52. The van der Waals surface area contributed by atoms with E-state index in [0.717, 1.165) is 22.7 Å². The number of hydrogen-bond acceptors (Lipinski definition) is 3. The Balaban J connectivity index is 1.57. The summed E-state index contributed by atoms with van der Waals surface area (Å²) in [5, 5.41) is 3.68. The summed E-state index contributed by atoms with van der Waals surface area (Å²) >= 11 is 1.42. The van der Waals surface area contributed by atoms with Crippen molar-refractivity contribution in [2.45, 2.75) is 13.3 Å². The van der Waals surface area contributed by atoms with Crippen molar-refractivity contribution in [1.29, 1.82) is 0 Å². The molecular formula is C17H15FN2OS. The Morgan fingerprint density at radius 1 is 1.32 bits per heavy atom. The van der Waals surface area contributed by atoms with Crippen molar-refractivity contribution in [3.8, 4) is 0 Å². The average molecular weight is 314 g/mol. The van der Waals surface area contributed by atoms with E-state index in [1.54, 1.807) is 6.07 Å². The molecule has 0 aromatic heterocycles. The fourth-order valence-corrected chi connectivity index (χ4v) is 3.04. The normalized spacial score (nSPS) is 12.7. The van der Waals surface area contributed by atoms with Crippen molar-refractivity contribution in [2.75, 3.05) is 11.1 Å². The smallest absolute Gasteiger partial charge is 0.234 e. The number of hydrogen-bond donors (Lipinski definition) is 1. The summed E-state index contributed by atoms with van der Waals surface area (Å²) < 4.78 is 13.2. The second-order valence-corrected chi connectivity index (χ2v) is 6.16. The maximum atomic E-state index is 13.2. The summed E-state index contributed by atoms with van der Waals surface area (Å²) in [6.07, 6.45) is 0.771. The zero-order valence-electron chi connectivity index (χ0n) is 12.1. The van der Waals surface area contributed by atoms with E-state index < -0.39 is 0 Å². The Kier molecular flexibility index (Phi) is 4.24. The van der Waals surface area contributed by atoms with Gasteiger partial charge in [0.05, 0.1) is 16.5 Å². The van der Waals surface area contributed by atoms with Crippen LogP contribution in [0.4, 0.5) is 15.8 Å². The molecule has 1 N–H and O–H groups in total. The lowest BCUT2D eigenvalue weighted by Gasteiger charge is -2.08. The lowest BCUT2D eigenvalue weighted by atomic mass is 10.2. The first-order valence-electron chi connectivity index (χ1n) is 6.96. The largest absolute Gasteiger partial charge is 0.325 e. The number of rotatable bonds is 3. The first kappa shape index (κ1) is 14.8. The summed E-state index contributed by atoms with van der Waals surface area (Å²) in [4.78, 5) is 16.5. The minimum absolute atomic E-state index is 0.155. The molecule has 0 aliphatic carbocycles. The van der Waals surface area contributed by atoms with Gasteiger partial charge in [0.25, 0.3) is 0 Å². The Hall–Kier alpha value is -2.14. The van der Waals surface area contributed by atoms with E-state index in [1.165, 1.54) is 29.5 Å². The number of carbonyl (C=O) groups excluding carboxylic acids is 1. The minimum atomic E-state index is -0.357.